The van der Waals surface area contributed by atoms with Gasteiger partial charge in [0.2, 0.25) is 5.89 Å². The third-order valence-corrected chi connectivity index (χ3v) is 4.01. The first-order chi connectivity index (χ1) is 10.6. The summed E-state index contributed by atoms with van der Waals surface area (Å²) in [6.07, 6.45) is 3.80. The molecule has 22 heavy (non-hydrogen) atoms. The molecule has 1 saturated heterocycles. The Balaban J connectivity index is 1.68. The van der Waals surface area contributed by atoms with E-state index < -0.39 is 0 Å². The quantitative estimate of drug-likeness (QED) is 0.831. The van der Waals surface area contributed by atoms with Crippen molar-refractivity contribution >= 4 is 0 Å². The van der Waals surface area contributed by atoms with Crippen LogP contribution in [0.5, 0.6) is 0 Å². The molecule has 118 valence electrons. The van der Waals surface area contributed by atoms with Gasteiger partial charge >= 0.3 is 0 Å². The highest BCUT2D eigenvalue weighted by Crippen LogP contribution is 2.21. The van der Waals surface area contributed by atoms with Crippen LogP contribution in [0.1, 0.15) is 44.3 Å². The van der Waals surface area contributed by atoms with Gasteiger partial charge in [-0.15, -0.1) is 0 Å². The van der Waals surface area contributed by atoms with Crippen molar-refractivity contribution < 1.29 is 4.52 Å². The normalized spacial score (nSPS) is 19.1. The summed E-state index contributed by atoms with van der Waals surface area (Å²) in [4.78, 5) is 18.5. The molecule has 7 heteroatoms. The van der Waals surface area contributed by atoms with Gasteiger partial charge in [-0.2, -0.15) is 10.1 Å². The van der Waals surface area contributed by atoms with Crippen molar-refractivity contribution in [1.29, 1.82) is 0 Å². The van der Waals surface area contributed by atoms with Crippen molar-refractivity contribution in [3.05, 3.63) is 40.4 Å². The number of hydrogen-bond donors (Lipinski definition) is 0. The Kier molecular flexibility index (Phi) is 4.33. The second-order valence-corrected chi connectivity index (χ2v) is 6.01. The topological polar surface area (TPSA) is 77.0 Å². The van der Waals surface area contributed by atoms with E-state index in [4.69, 9.17) is 4.52 Å². The van der Waals surface area contributed by atoms with Gasteiger partial charge in [-0.25, -0.2) is 4.68 Å². The van der Waals surface area contributed by atoms with Gasteiger partial charge in [-0.1, -0.05) is 19.0 Å². The van der Waals surface area contributed by atoms with Crippen LogP contribution in [-0.4, -0.2) is 37.4 Å². The third kappa shape index (κ3) is 3.24. The van der Waals surface area contributed by atoms with Gasteiger partial charge in [0.25, 0.3) is 5.56 Å². The van der Waals surface area contributed by atoms with Crippen LogP contribution in [0.25, 0.3) is 0 Å². The van der Waals surface area contributed by atoms with Gasteiger partial charge in [0, 0.05) is 24.2 Å². The number of rotatable bonds is 5. The van der Waals surface area contributed by atoms with E-state index in [2.05, 4.69) is 20.1 Å². The molecule has 3 heterocycles. The molecule has 0 radical (unpaired) electrons. The van der Waals surface area contributed by atoms with Crippen molar-refractivity contribution in [2.24, 2.45) is 0 Å². The minimum atomic E-state index is -0.0609. The Hall–Kier alpha value is -2.02. The molecule has 0 bridgehead atoms. The lowest BCUT2D eigenvalue weighted by Crippen LogP contribution is -2.36. The summed E-state index contributed by atoms with van der Waals surface area (Å²) in [6.45, 7) is 6.30. The third-order valence-electron chi connectivity index (χ3n) is 4.01. The molecule has 3 rings (SSSR count). The second kappa shape index (κ2) is 6.39. The van der Waals surface area contributed by atoms with E-state index in [0.717, 1.165) is 25.2 Å². The van der Waals surface area contributed by atoms with Crippen LogP contribution in [0.2, 0.25) is 0 Å². The smallest absolute Gasteiger partial charge is 0.266 e. The van der Waals surface area contributed by atoms with Crippen LogP contribution in [-0.2, 0) is 13.1 Å². The van der Waals surface area contributed by atoms with Gasteiger partial charge in [-0.3, -0.25) is 9.69 Å². The van der Waals surface area contributed by atoms with Gasteiger partial charge < -0.3 is 4.52 Å². The summed E-state index contributed by atoms with van der Waals surface area (Å²) >= 11 is 0. The first kappa shape index (κ1) is 14.9. The lowest BCUT2D eigenvalue weighted by atomic mass is 10.2. The molecule has 1 unspecified atom stereocenters. The Bertz CT molecular complexity index is 678. The van der Waals surface area contributed by atoms with E-state index in [1.807, 2.05) is 13.8 Å². The van der Waals surface area contributed by atoms with Crippen molar-refractivity contribution in [1.82, 2.24) is 24.8 Å². The van der Waals surface area contributed by atoms with Crippen LogP contribution in [0, 0.1) is 0 Å². The molecule has 0 amide bonds. The average molecular weight is 303 g/mol. The predicted molar refractivity (Wildman–Crippen MR) is 80.3 cm³/mol. The minimum absolute atomic E-state index is 0.0609. The first-order valence-electron chi connectivity index (χ1n) is 7.72. The van der Waals surface area contributed by atoms with Crippen LogP contribution in [0.4, 0.5) is 0 Å². The molecule has 1 aliphatic rings. The summed E-state index contributed by atoms with van der Waals surface area (Å²) in [5.41, 5.74) is -0.0609. The van der Waals surface area contributed by atoms with E-state index in [0.29, 0.717) is 19.0 Å². The zero-order valence-corrected chi connectivity index (χ0v) is 13.0. The first-order valence-corrected chi connectivity index (χ1v) is 7.72. The Morgan fingerprint density at radius 2 is 2.32 bits per heavy atom. The molecular formula is C15H21N5O2. The standard InChI is InChI=1S/C15H21N5O2/c1-11(2)15-17-13(22-18-15)10-19-8-4-5-12(19)9-20-14(21)6-3-7-16-20/h3,6-7,11-12H,4-5,8-10H2,1-2H3. The number of likely N-dealkylation sites (tertiary alicyclic amines) is 1. The Morgan fingerprint density at radius 1 is 1.45 bits per heavy atom. The summed E-state index contributed by atoms with van der Waals surface area (Å²) in [7, 11) is 0. The summed E-state index contributed by atoms with van der Waals surface area (Å²) in [6, 6.07) is 3.48. The van der Waals surface area contributed by atoms with E-state index in [1.165, 1.54) is 4.68 Å². The lowest BCUT2D eigenvalue weighted by molar-refractivity contribution is 0.190. The monoisotopic (exact) mass is 303 g/mol. The van der Waals surface area contributed by atoms with Crippen molar-refractivity contribution in [2.45, 2.75) is 51.7 Å². The largest absolute Gasteiger partial charge is 0.338 e. The fourth-order valence-corrected chi connectivity index (χ4v) is 2.77. The molecule has 7 nitrogen and oxygen atoms in total. The van der Waals surface area contributed by atoms with E-state index in [1.54, 1.807) is 18.3 Å². The zero-order chi connectivity index (χ0) is 15.5. The molecule has 0 spiro atoms. The zero-order valence-electron chi connectivity index (χ0n) is 13.0. The fourth-order valence-electron chi connectivity index (χ4n) is 2.77. The second-order valence-electron chi connectivity index (χ2n) is 6.01. The Morgan fingerprint density at radius 3 is 3.05 bits per heavy atom. The number of nitrogens with zero attached hydrogens (tertiary/aromatic N) is 5. The summed E-state index contributed by atoms with van der Waals surface area (Å²) in [5.74, 6) is 1.65. The van der Waals surface area contributed by atoms with Gasteiger partial charge in [-0.05, 0) is 25.5 Å². The molecule has 0 aliphatic carbocycles. The predicted octanol–water partition coefficient (Wildman–Crippen LogP) is 1.41. The van der Waals surface area contributed by atoms with Crippen LogP contribution in [0.3, 0.4) is 0 Å². The Labute approximate surface area is 128 Å². The molecule has 0 aromatic carbocycles. The van der Waals surface area contributed by atoms with Crippen LogP contribution >= 0.6 is 0 Å². The molecule has 1 aliphatic heterocycles. The molecule has 0 N–H and O–H groups in total. The summed E-state index contributed by atoms with van der Waals surface area (Å²) < 4.78 is 6.85. The maximum atomic E-state index is 11.8. The number of aromatic nitrogens is 4. The maximum absolute atomic E-state index is 11.8. The highest BCUT2D eigenvalue weighted by Gasteiger charge is 2.27. The van der Waals surface area contributed by atoms with Crippen LogP contribution < -0.4 is 5.56 Å². The lowest BCUT2D eigenvalue weighted by Gasteiger charge is -2.22. The van der Waals surface area contributed by atoms with Crippen molar-refractivity contribution in [3.63, 3.8) is 0 Å². The molecule has 0 saturated carbocycles. The van der Waals surface area contributed by atoms with Crippen molar-refractivity contribution in [3.8, 4) is 0 Å². The van der Waals surface area contributed by atoms with Gasteiger partial charge in [0.15, 0.2) is 5.82 Å². The molecule has 2 aromatic rings. The van der Waals surface area contributed by atoms with Crippen LogP contribution in [0.15, 0.2) is 27.6 Å². The highest BCUT2D eigenvalue weighted by molar-refractivity contribution is 4.93. The number of hydrogen-bond acceptors (Lipinski definition) is 6. The van der Waals surface area contributed by atoms with Gasteiger partial charge in [0.1, 0.15) is 0 Å². The van der Waals surface area contributed by atoms with Crippen molar-refractivity contribution in [2.75, 3.05) is 6.54 Å². The molecule has 1 fully saturated rings. The van der Waals surface area contributed by atoms with E-state index >= 15 is 0 Å². The fraction of sp³-hybridized carbons (Fsp3) is 0.600. The van der Waals surface area contributed by atoms with Gasteiger partial charge in [0.05, 0.1) is 13.1 Å². The summed E-state index contributed by atoms with van der Waals surface area (Å²) in [5, 5.41) is 8.14. The molecule has 1 atom stereocenters. The highest BCUT2D eigenvalue weighted by atomic mass is 16.5. The molecular weight excluding hydrogens is 282 g/mol. The van der Waals surface area contributed by atoms with E-state index in [-0.39, 0.29) is 17.5 Å². The van der Waals surface area contributed by atoms with E-state index in [9.17, 15) is 4.79 Å². The minimum Gasteiger partial charge on any atom is -0.338 e. The average Bonchev–Trinajstić information content (AvgIpc) is 3.12. The molecule has 2 aromatic heterocycles. The SMILES string of the molecule is CC(C)c1noc(CN2CCCC2Cn2ncccc2=O)n1. The maximum Gasteiger partial charge on any atom is 0.266 e.